The molecule has 4 rings (SSSR count). The molecule has 0 unspecified atom stereocenters. The van der Waals surface area contributed by atoms with E-state index in [1.807, 2.05) is 103 Å². The van der Waals surface area contributed by atoms with Gasteiger partial charge in [-0.2, -0.15) is 0 Å². The molecule has 0 saturated carbocycles. The van der Waals surface area contributed by atoms with E-state index in [0.29, 0.717) is 6.42 Å². The summed E-state index contributed by atoms with van der Waals surface area (Å²) in [6.45, 7) is 2.14. The second-order valence-electron chi connectivity index (χ2n) is 8.60. The van der Waals surface area contributed by atoms with Crippen LogP contribution >= 0.6 is 0 Å². The van der Waals surface area contributed by atoms with Gasteiger partial charge >= 0.3 is 5.97 Å². The summed E-state index contributed by atoms with van der Waals surface area (Å²) in [6, 6.07) is 33.3. The highest BCUT2D eigenvalue weighted by Gasteiger charge is 2.30. The maximum Gasteiger partial charge on any atom is 0.336 e. The van der Waals surface area contributed by atoms with E-state index in [2.05, 4.69) is 6.92 Å². The van der Waals surface area contributed by atoms with Crippen LogP contribution in [0.1, 0.15) is 60.8 Å². The highest BCUT2D eigenvalue weighted by molar-refractivity contribution is 5.76. The average Bonchev–Trinajstić information content (AvgIpc) is 3.45. The lowest BCUT2D eigenvalue weighted by atomic mass is 10.0. The summed E-state index contributed by atoms with van der Waals surface area (Å²) in [7, 11) is 0. The van der Waals surface area contributed by atoms with Crippen molar-refractivity contribution in [1.29, 1.82) is 0 Å². The van der Waals surface area contributed by atoms with E-state index < -0.39 is 12.2 Å². The molecule has 4 nitrogen and oxygen atoms in total. The highest BCUT2D eigenvalue weighted by atomic mass is 16.6. The lowest BCUT2D eigenvalue weighted by Crippen LogP contribution is -2.32. The van der Waals surface area contributed by atoms with Crippen LogP contribution in [0.2, 0.25) is 0 Å². The van der Waals surface area contributed by atoms with Crippen molar-refractivity contribution < 1.29 is 18.7 Å². The third-order valence-electron chi connectivity index (χ3n) is 5.97. The van der Waals surface area contributed by atoms with Crippen LogP contribution < -0.4 is 0 Å². The normalized spacial score (nSPS) is 12.9. The number of carbonyl (C=O) groups is 1. The van der Waals surface area contributed by atoms with E-state index in [0.717, 1.165) is 41.7 Å². The van der Waals surface area contributed by atoms with Gasteiger partial charge in [0.1, 0.15) is 11.9 Å². The molecule has 35 heavy (non-hydrogen) atoms. The lowest BCUT2D eigenvalue weighted by Gasteiger charge is -2.26. The number of furan rings is 1. The van der Waals surface area contributed by atoms with E-state index in [1.165, 1.54) is 0 Å². The monoisotopic (exact) mass is 468 g/mol. The van der Waals surface area contributed by atoms with Gasteiger partial charge in [-0.3, -0.25) is 0 Å². The molecule has 180 valence electrons. The van der Waals surface area contributed by atoms with Crippen LogP contribution in [0.15, 0.2) is 114 Å². The predicted octanol–water partition coefficient (Wildman–Crippen LogP) is 7.47. The minimum atomic E-state index is -0.778. The fourth-order valence-corrected chi connectivity index (χ4v) is 4.13. The first-order valence-electron chi connectivity index (χ1n) is 12.3. The van der Waals surface area contributed by atoms with E-state index in [9.17, 15) is 4.79 Å². The van der Waals surface area contributed by atoms with E-state index in [1.54, 1.807) is 6.26 Å². The summed E-state index contributed by atoms with van der Waals surface area (Å²) < 4.78 is 18.3. The van der Waals surface area contributed by atoms with Crippen molar-refractivity contribution in [1.82, 2.24) is 0 Å². The van der Waals surface area contributed by atoms with Crippen LogP contribution in [-0.2, 0) is 20.7 Å². The van der Waals surface area contributed by atoms with Crippen molar-refractivity contribution >= 4 is 5.97 Å². The van der Waals surface area contributed by atoms with Gasteiger partial charge in [0, 0.05) is 6.42 Å². The van der Waals surface area contributed by atoms with Crippen LogP contribution in [0, 0.1) is 0 Å². The number of unbranched alkanes of at least 4 members (excludes halogenated alkanes) is 1. The van der Waals surface area contributed by atoms with E-state index in [-0.39, 0.29) is 12.1 Å². The molecule has 2 atom stereocenters. The molecular formula is C31H32O4. The second kappa shape index (κ2) is 12.7. The van der Waals surface area contributed by atoms with Gasteiger partial charge in [-0.25, -0.2) is 4.79 Å². The average molecular weight is 469 g/mol. The maximum absolute atomic E-state index is 13.7. The quantitative estimate of drug-likeness (QED) is 0.202. The van der Waals surface area contributed by atoms with Gasteiger partial charge in [0.15, 0.2) is 12.2 Å². The fourth-order valence-electron chi connectivity index (χ4n) is 4.13. The second-order valence-corrected chi connectivity index (χ2v) is 8.60. The van der Waals surface area contributed by atoms with Gasteiger partial charge in [0.05, 0.1) is 6.26 Å². The molecule has 0 N–H and O–H groups in total. The zero-order chi connectivity index (χ0) is 24.3. The van der Waals surface area contributed by atoms with Crippen molar-refractivity contribution in [3.8, 4) is 0 Å². The molecule has 4 heteroatoms. The minimum Gasteiger partial charge on any atom is -0.467 e. The molecule has 0 radical (unpaired) electrons. The first kappa shape index (κ1) is 24.5. The van der Waals surface area contributed by atoms with Gasteiger partial charge in [-0.15, -0.1) is 0 Å². The van der Waals surface area contributed by atoms with Crippen molar-refractivity contribution in [2.75, 3.05) is 0 Å². The zero-order valence-corrected chi connectivity index (χ0v) is 20.1. The van der Waals surface area contributed by atoms with Crippen molar-refractivity contribution in [2.24, 2.45) is 0 Å². The SMILES string of the molecule is CCCC[C@H](O[C@@H](Cc1ccccc1)C(=O)OC(c1ccccc1)c1ccccc1)c1ccco1. The molecule has 0 amide bonds. The van der Waals surface area contributed by atoms with Gasteiger partial charge in [-0.1, -0.05) is 111 Å². The Kier molecular flexibility index (Phi) is 8.91. The van der Waals surface area contributed by atoms with Crippen molar-refractivity contribution in [3.63, 3.8) is 0 Å². The van der Waals surface area contributed by atoms with Crippen LogP contribution in [-0.4, -0.2) is 12.1 Å². The van der Waals surface area contributed by atoms with Crippen molar-refractivity contribution in [2.45, 2.75) is 50.9 Å². The summed E-state index contributed by atoms with van der Waals surface area (Å²) in [4.78, 5) is 13.7. The molecule has 0 fully saturated rings. The number of hydrogen-bond donors (Lipinski definition) is 0. The summed E-state index contributed by atoms with van der Waals surface area (Å²) in [5, 5.41) is 0. The lowest BCUT2D eigenvalue weighted by molar-refractivity contribution is -0.166. The van der Waals surface area contributed by atoms with Crippen LogP contribution in [0.5, 0.6) is 0 Å². The first-order chi connectivity index (χ1) is 17.2. The molecule has 0 spiro atoms. The topological polar surface area (TPSA) is 48.7 Å². The Morgan fingerprint density at radius 3 is 1.94 bits per heavy atom. The number of rotatable bonds is 12. The first-order valence-corrected chi connectivity index (χ1v) is 12.3. The van der Waals surface area contributed by atoms with Crippen LogP contribution in [0.3, 0.4) is 0 Å². The number of hydrogen-bond acceptors (Lipinski definition) is 4. The summed E-state index contributed by atoms with van der Waals surface area (Å²) in [5.74, 6) is 0.339. The summed E-state index contributed by atoms with van der Waals surface area (Å²) in [6.07, 6.45) is 3.20. The fraction of sp³-hybridized carbons (Fsp3) is 0.258. The summed E-state index contributed by atoms with van der Waals surface area (Å²) >= 11 is 0. The highest BCUT2D eigenvalue weighted by Crippen LogP contribution is 2.30. The van der Waals surface area contributed by atoms with E-state index >= 15 is 0 Å². The van der Waals surface area contributed by atoms with Crippen molar-refractivity contribution in [3.05, 3.63) is 132 Å². The Bertz CT molecular complexity index is 1090. The predicted molar refractivity (Wildman–Crippen MR) is 137 cm³/mol. The van der Waals surface area contributed by atoms with Gasteiger partial charge in [0.25, 0.3) is 0 Å². The smallest absolute Gasteiger partial charge is 0.336 e. The number of carbonyl (C=O) groups excluding carboxylic acids is 1. The molecule has 3 aromatic carbocycles. The van der Waals surface area contributed by atoms with Crippen LogP contribution in [0.4, 0.5) is 0 Å². The standard InChI is InChI=1S/C31H32O4/c1-2-3-20-28(27-21-13-22-33-27)34-29(23-24-14-7-4-8-15-24)31(32)35-30(25-16-9-5-10-17-25)26-18-11-6-12-19-26/h4-19,21-22,28-30H,2-3,20,23H2,1H3/t28-,29-/m0/s1. The molecule has 0 aliphatic heterocycles. The van der Waals surface area contributed by atoms with Crippen LogP contribution in [0.25, 0.3) is 0 Å². The van der Waals surface area contributed by atoms with E-state index in [4.69, 9.17) is 13.9 Å². The zero-order valence-electron chi connectivity index (χ0n) is 20.1. The molecular weight excluding hydrogens is 436 g/mol. The summed E-state index contributed by atoms with van der Waals surface area (Å²) in [5.41, 5.74) is 2.84. The number of esters is 1. The molecule has 0 aliphatic rings. The Morgan fingerprint density at radius 2 is 1.40 bits per heavy atom. The molecule has 4 aromatic rings. The number of benzene rings is 3. The van der Waals surface area contributed by atoms with Gasteiger partial charge in [-0.05, 0) is 35.2 Å². The molecule has 1 heterocycles. The third kappa shape index (κ3) is 6.93. The molecule has 0 saturated heterocycles. The Balaban J connectivity index is 1.61. The molecule has 0 bridgehead atoms. The minimum absolute atomic E-state index is 0.321. The molecule has 0 aliphatic carbocycles. The number of ether oxygens (including phenoxy) is 2. The third-order valence-corrected chi connectivity index (χ3v) is 5.97. The Labute approximate surface area is 207 Å². The Morgan fingerprint density at radius 1 is 0.800 bits per heavy atom. The van der Waals surface area contributed by atoms with Gasteiger partial charge < -0.3 is 13.9 Å². The van der Waals surface area contributed by atoms with Gasteiger partial charge in [0.2, 0.25) is 0 Å². The molecule has 1 aromatic heterocycles. The Hall–Kier alpha value is -3.63. The maximum atomic E-state index is 13.7. The largest absolute Gasteiger partial charge is 0.467 e.